The maximum atomic E-state index is 5.20. The van der Waals surface area contributed by atoms with Gasteiger partial charge in [0, 0.05) is 42.1 Å². The smallest absolute Gasteiger partial charge is 0.238 e. The van der Waals surface area contributed by atoms with Gasteiger partial charge in [0.05, 0.1) is 11.0 Å². The standard InChI is InChI=1S/C37H24N4S/c1-3-7-21(8-4-1)35-38-36(22-9-5-2-6-10-22)40-37(39-35)41-30-19-25-13-11-23(25)17-28(30)27-15-16-31-33(34(27)41)29-18-24-12-14-26(24)20-32(29)42-31/h1-10,15-20H,11-14H2. The van der Waals surface area contributed by atoms with E-state index in [1.54, 1.807) is 0 Å². The Morgan fingerprint density at radius 2 is 1.12 bits per heavy atom. The second-order valence-corrected chi connectivity index (χ2v) is 12.6. The van der Waals surface area contributed by atoms with E-state index in [1.165, 1.54) is 77.1 Å². The Morgan fingerprint density at radius 3 is 1.76 bits per heavy atom. The van der Waals surface area contributed by atoms with Crippen LogP contribution in [-0.2, 0) is 25.7 Å². The minimum atomic E-state index is 0.665. The van der Waals surface area contributed by atoms with E-state index in [0.717, 1.165) is 24.0 Å². The maximum Gasteiger partial charge on any atom is 0.238 e. The number of aromatic nitrogens is 4. The van der Waals surface area contributed by atoms with Crippen molar-refractivity contribution in [2.75, 3.05) is 0 Å². The van der Waals surface area contributed by atoms with Crippen molar-refractivity contribution in [2.24, 2.45) is 0 Å². The molecule has 2 aliphatic carbocycles. The quantitative estimate of drug-likeness (QED) is 0.218. The third kappa shape index (κ3) is 3.14. The molecule has 3 aromatic heterocycles. The third-order valence-corrected chi connectivity index (χ3v) is 10.3. The highest BCUT2D eigenvalue weighted by Crippen LogP contribution is 2.45. The van der Waals surface area contributed by atoms with Crippen molar-refractivity contribution >= 4 is 53.3 Å². The summed E-state index contributed by atoms with van der Waals surface area (Å²) in [5.74, 6) is 2.03. The Kier molecular flexibility index (Phi) is 4.52. The number of hydrogen-bond acceptors (Lipinski definition) is 4. The molecule has 0 N–H and O–H groups in total. The highest BCUT2D eigenvalue weighted by Gasteiger charge is 2.25. The van der Waals surface area contributed by atoms with E-state index >= 15 is 0 Å². The van der Waals surface area contributed by atoms with E-state index in [-0.39, 0.29) is 0 Å². The van der Waals surface area contributed by atoms with Crippen LogP contribution < -0.4 is 0 Å². The fraction of sp³-hybridized carbons (Fsp3) is 0.108. The average Bonchev–Trinajstić information content (AvgIpc) is 3.54. The lowest BCUT2D eigenvalue weighted by Gasteiger charge is -2.19. The summed E-state index contributed by atoms with van der Waals surface area (Å²) >= 11 is 1.90. The monoisotopic (exact) mass is 556 g/mol. The molecule has 0 atom stereocenters. The largest absolute Gasteiger partial charge is 0.277 e. The SMILES string of the molecule is c1ccc(-c2nc(-c3ccccc3)nc(-n3c4cc5c(cc4c4ccc6sc7cc8c(cc7c6c43)CC8)CC5)n2)cc1. The van der Waals surface area contributed by atoms with Crippen LogP contribution in [0.15, 0.2) is 97.1 Å². The molecular weight excluding hydrogens is 533 g/mol. The van der Waals surface area contributed by atoms with Crippen molar-refractivity contribution < 1.29 is 0 Å². The van der Waals surface area contributed by atoms with Gasteiger partial charge in [-0.1, -0.05) is 66.7 Å². The molecule has 0 aliphatic heterocycles. The molecule has 0 bridgehead atoms. The van der Waals surface area contributed by atoms with E-state index in [0.29, 0.717) is 17.6 Å². The maximum absolute atomic E-state index is 5.20. The van der Waals surface area contributed by atoms with Crippen molar-refractivity contribution in [3.63, 3.8) is 0 Å². The topological polar surface area (TPSA) is 43.6 Å². The van der Waals surface area contributed by atoms with Gasteiger partial charge in [-0.25, -0.2) is 4.98 Å². The molecule has 5 heteroatoms. The summed E-state index contributed by atoms with van der Waals surface area (Å²) in [5.41, 5.74) is 10.2. The lowest BCUT2D eigenvalue weighted by molar-refractivity contribution is 0.842. The van der Waals surface area contributed by atoms with Gasteiger partial charge in [0.25, 0.3) is 0 Å². The first-order valence-corrected chi connectivity index (χ1v) is 15.4. The number of rotatable bonds is 3. The molecule has 0 amide bonds. The first-order chi connectivity index (χ1) is 20.8. The zero-order chi connectivity index (χ0) is 27.4. The molecule has 0 saturated carbocycles. The molecule has 0 saturated heterocycles. The number of fused-ring (bicyclic) bond motifs is 9. The molecule has 0 fully saturated rings. The molecule has 5 aromatic carbocycles. The van der Waals surface area contributed by atoms with Gasteiger partial charge in [-0.05, 0) is 78.3 Å². The Hall–Kier alpha value is -4.87. The van der Waals surface area contributed by atoms with E-state index < -0.39 is 0 Å². The number of benzene rings is 5. The molecule has 2 aliphatic rings. The second-order valence-electron chi connectivity index (χ2n) is 11.5. The second kappa shape index (κ2) is 8.34. The highest BCUT2D eigenvalue weighted by molar-refractivity contribution is 7.26. The molecular formula is C37H24N4S. The molecule has 3 heterocycles. The number of hydrogen-bond donors (Lipinski definition) is 0. The molecule has 198 valence electrons. The number of aryl methyl sites for hydroxylation is 4. The summed E-state index contributed by atoms with van der Waals surface area (Å²) < 4.78 is 5.00. The van der Waals surface area contributed by atoms with Crippen LogP contribution in [0.5, 0.6) is 0 Å². The van der Waals surface area contributed by atoms with Crippen LogP contribution in [0.1, 0.15) is 22.3 Å². The average molecular weight is 557 g/mol. The van der Waals surface area contributed by atoms with Crippen LogP contribution in [0.3, 0.4) is 0 Å². The Balaban J connectivity index is 1.37. The fourth-order valence-corrected chi connectivity index (χ4v) is 8.01. The van der Waals surface area contributed by atoms with Crippen LogP contribution in [-0.4, -0.2) is 19.5 Å². The van der Waals surface area contributed by atoms with Crippen LogP contribution in [0, 0.1) is 0 Å². The summed E-state index contributed by atoms with van der Waals surface area (Å²) in [6, 6.07) is 34.8. The Bertz CT molecular complexity index is 2340. The fourth-order valence-electron chi connectivity index (χ4n) is 6.85. The summed E-state index contributed by atoms with van der Waals surface area (Å²) in [5, 5.41) is 5.19. The van der Waals surface area contributed by atoms with Crippen molar-refractivity contribution in [3.8, 4) is 28.7 Å². The van der Waals surface area contributed by atoms with Gasteiger partial charge in [0.2, 0.25) is 5.95 Å². The minimum Gasteiger partial charge on any atom is -0.277 e. The molecule has 0 spiro atoms. The summed E-state index contributed by atoms with van der Waals surface area (Å²) in [6.07, 6.45) is 4.63. The third-order valence-electron chi connectivity index (χ3n) is 9.22. The minimum absolute atomic E-state index is 0.665. The lowest BCUT2D eigenvalue weighted by Crippen LogP contribution is -2.09. The van der Waals surface area contributed by atoms with Gasteiger partial charge in [-0.2, -0.15) is 9.97 Å². The van der Waals surface area contributed by atoms with E-state index in [9.17, 15) is 0 Å². The molecule has 4 nitrogen and oxygen atoms in total. The highest BCUT2D eigenvalue weighted by atomic mass is 32.1. The number of nitrogens with zero attached hydrogens (tertiary/aromatic N) is 4. The van der Waals surface area contributed by atoms with E-state index in [2.05, 4.69) is 65.2 Å². The van der Waals surface area contributed by atoms with Gasteiger partial charge in [-0.15, -0.1) is 11.3 Å². The molecule has 0 radical (unpaired) electrons. The molecule has 10 rings (SSSR count). The Labute approximate surface area is 245 Å². The van der Waals surface area contributed by atoms with Crippen molar-refractivity contribution in [2.45, 2.75) is 25.7 Å². The first-order valence-electron chi connectivity index (χ1n) is 14.6. The van der Waals surface area contributed by atoms with E-state index in [4.69, 9.17) is 15.0 Å². The van der Waals surface area contributed by atoms with E-state index in [1.807, 2.05) is 47.7 Å². The Morgan fingerprint density at radius 1 is 0.524 bits per heavy atom. The predicted molar refractivity (Wildman–Crippen MR) is 173 cm³/mol. The van der Waals surface area contributed by atoms with Gasteiger partial charge in [0.1, 0.15) is 0 Å². The number of thiophene rings is 1. The molecule has 8 aromatic rings. The first kappa shape index (κ1) is 22.8. The van der Waals surface area contributed by atoms with Crippen LogP contribution in [0.2, 0.25) is 0 Å². The van der Waals surface area contributed by atoms with Gasteiger partial charge in [-0.3, -0.25) is 4.57 Å². The normalized spacial score (nSPS) is 13.8. The zero-order valence-corrected chi connectivity index (χ0v) is 23.6. The van der Waals surface area contributed by atoms with Crippen molar-refractivity contribution in [3.05, 3.63) is 119 Å². The summed E-state index contributed by atoms with van der Waals surface area (Å²) in [7, 11) is 0. The van der Waals surface area contributed by atoms with Gasteiger partial charge < -0.3 is 0 Å². The molecule has 42 heavy (non-hydrogen) atoms. The zero-order valence-electron chi connectivity index (χ0n) is 22.8. The molecule has 0 unspecified atom stereocenters. The summed E-state index contributed by atoms with van der Waals surface area (Å²) in [4.78, 5) is 15.4. The van der Waals surface area contributed by atoms with Crippen molar-refractivity contribution in [1.29, 1.82) is 0 Å². The van der Waals surface area contributed by atoms with Gasteiger partial charge in [0.15, 0.2) is 11.6 Å². The van der Waals surface area contributed by atoms with Gasteiger partial charge >= 0.3 is 0 Å². The van der Waals surface area contributed by atoms with Crippen LogP contribution >= 0.6 is 11.3 Å². The van der Waals surface area contributed by atoms with Crippen molar-refractivity contribution in [1.82, 2.24) is 19.5 Å². The van der Waals surface area contributed by atoms with Crippen LogP contribution in [0.25, 0.3) is 70.7 Å². The summed E-state index contributed by atoms with van der Waals surface area (Å²) in [6.45, 7) is 0. The predicted octanol–water partition coefficient (Wildman–Crippen LogP) is 8.87. The van der Waals surface area contributed by atoms with Crippen LogP contribution in [0.4, 0.5) is 0 Å². The lowest BCUT2D eigenvalue weighted by atomic mass is 9.87.